The van der Waals surface area contributed by atoms with Crippen LogP contribution in [0.3, 0.4) is 0 Å². The molecular weight excluding hydrogens is 554 g/mol. The van der Waals surface area contributed by atoms with Gasteiger partial charge in [-0.3, -0.25) is 4.55 Å². The standard InChI is InChI=1S/C17H20F10O8S/c1-9(2)8-33-12(29)14(16(23,24)25,35-11(28)10(3)15(20,21)22)34-7-5-4-6-13(18,19)17(26,27)36(30,31)32/h9H,3-8H2,1-2H3,(H,30,31,32). The molecule has 36 heavy (non-hydrogen) atoms. The van der Waals surface area contributed by atoms with E-state index in [-0.39, 0.29) is 0 Å². The molecule has 8 nitrogen and oxygen atoms in total. The molecule has 0 rings (SSSR count). The van der Waals surface area contributed by atoms with Gasteiger partial charge in [0.05, 0.1) is 13.2 Å². The van der Waals surface area contributed by atoms with Crippen molar-refractivity contribution in [3.8, 4) is 0 Å². The van der Waals surface area contributed by atoms with E-state index in [9.17, 15) is 61.9 Å². The summed E-state index contributed by atoms with van der Waals surface area (Å²) < 4.78 is 173. The largest absolute Gasteiger partial charge is 0.468 e. The summed E-state index contributed by atoms with van der Waals surface area (Å²) >= 11 is 0. The van der Waals surface area contributed by atoms with Gasteiger partial charge in [0.25, 0.3) is 0 Å². The number of hydrogen-bond donors (Lipinski definition) is 1. The Bertz CT molecular complexity index is 911. The number of hydrogen-bond acceptors (Lipinski definition) is 7. The Balaban J connectivity index is 5.82. The van der Waals surface area contributed by atoms with Crippen LogP contribution in [0.2, 0.25) is 0 Å². The van der Waals surface area contributed by atoms with Crippen molar-refractivity contribution < 1.29 is 80.7 Å². The first-order valence-electron chi connectivity index (χ1n) is 9.43. The maximum absolute atomic E-state index is 13.7. The summed E-state index contributed by atoms with van der Waals surface area (Å²) in [4.78, 5) is 23.7. The third kappa shape index (κ3) is 8.19. The van der Waals surface area contributed by atoms with Gasteiger partial charge in [-0.2, -0.15) is 52.3 Å². The topological polar surface area (TPSA) is 116 Å². The Morgan fingerprint density at radius 2 is 1.44 bits per heavy atom. The van der Waals surface area contributed by atoms with Crippen LogP contribution in [0.1, 0.15) is 33.1 Å². The van der Waals surface area contributed by atoms with Crippen molar-refractivity contribution >= 4 is 22.1 Å². The van der Waals surface area contributed by atoms with E-state index in [1.54, 1.807) is 0 Å². The van der Waals surface area contributed by atoms with E-state index >= 15 is 0 Å². The summed E-state index contributed by atoms with van der Waals surface area (Å²) in [7, 11) is -6.59. The van der Waals surface area contributed by atoms with Gasteiger partial charge in [-0.05, 0) is 18.8 Å². The number of unbranched alkanes of at least 4 members (excludes halogenated alkanes) is 1. The Morgan fingerprint density at radius 1 is 0.944 bits per heavy atom. The van der Waals surface area contributed by atoms with Gasteiger partial charge in [0, 0.05) is 6.42 Å². The zero-order valence-corrected chi connectivity index (χ0v) is 19.1. The third-order valence-corrected chi connectivity index (χ3v) is 4.90. The highest BCUT2D eigenvalue weighted by Gasteiger charge is 2.68. The molecule has 0 aliphatic carbocycles. The van der Waals surface area contributed by atoms with Crippen LogP contribution in [-0.2, 0) is 33.9 Å². The summed E-state index contributed by atoms with van der Waals surface area (Å²) in [5.74, 6) is -16.2. The van der Waals surface area contributed by atoms with Crippen molar-refractivity contribution in [2.75, 3.05) is 13.2 Å². The number of carbonyl (C=O) groups is 2. The highest BCUT2D eigenvalue weighted by molar-refractivity contribution is 7.87. The predicted octanol–water partition coefficient (Wildman–Crippen LogP) is 4.41. The molecule has 1 atom stereocenters. The predicted molar refractivity (Wildman–Crippen MR) is 97.1 cm³/mol. The second-order valence-electron chi connectivity index (χ2n) is 7.47. The molecule has 0 saturated carbocycles. The van der Waals surface area contributed by atoms with Gasteiger partial charge in [-0.25, -0.2) is 9.59 Å². The second kappa shape index (κ2) is 11.5. The van der Waals surface area contributed by atoms with Gasteiger partial charge in [-0.1, -0.05) is 20.4 Å². The molecule has 0 bridgehead atoms. The summed E-state index contributed by atoms with van der Waals surface area (Å²) in [5.41, 5.74) is -2.48. The van der Waals surface area contributed by atoms with Crippen molar-refractivity contribution in [3.63, 3.8) is 0 Å². The molecule has 212 valence electrons. The van der Waals surface area contributed by atoms with Crippen molar-refractivity contribution in [1.82, 2.24) is 0 Å². The van der Waals surface area contributed by atoms with Crippen molar-refractivity contribution in [3.05, 3.63) is 12.2 Å². The molecule has 0 radical (unpaired) electrons. The van der Waals surface area contributed by atoms with Gasteiger partial charge in [0.15, 0.2) is 0 Å². The van der Waals surface area contributed by atoms with Crippen molar-refractivity contribution in [2.45, 2.75) is 62.4 Å². The van der Waals surface area contributed by atoms with Gasteiger partial charge in [-0.15, -0.1) is 0 Å². The van der Waals surface area contributed by atoms with E-state index in [1.165, 1.54) is 13.8 Å². The molecule has 0 saturated heterocycles. The Hall–Kier alpha value is -2.15. The fourth-order valence-electron chi connectivity index (χ4n) is 2.03. The molecule has 0 aliphatic rings. The summed E-state index contributed by atoms with van der Waals surface area (Å²) in [6.07, 6.45) is -16.0. The summed E-state index contributed by atoms with van der Waals surface area (Å²) in [5, 5.41) is -5.97. The average molecular weight is 574 g/mol. The smallest absolute Gasteiger partial charge is 0.460 e. The fourth-order valence-corrected chi connectivity index (χ4v) is 2.51. The lowest BCUT2D eigenvalue weighted by Gasteiger charge is -2.33. The summed E-state index contributed by atoms with van der Waals surface area (Å²) in [6.45, 7) is 2.59. The molecular formula is C17H20F10O8S. The number of rotatable bonds is 13. The van der Waals surface area contributed by atoms with Crippen molar-refractivity contribution in [1.29, 1.82) is 0 Å². The molecule has 0 amide bonds. The van der Waals surface area contributed by atoms with Crippen LogP contribution in [0, 0.1) is 5.92 Å². The van der Waals surface area contributed by atoms with Crippen LogP contribution in [0.5, 0.6) is 0 Å². The highest BCUT2D eigenvalue weighted by Crippen LogP contribution is 2.42. The Morgan fingerprint density at radius 3 is 1.83 bits per heavy atom. The van der Waals surface area contributed by atoms with Crippen LogP contribution < -0.4 is 0 Å². The zero-order valence-electron chi connectivity index (χ0n) is 18.3. The van der Waals surface area contributed by atoms with Crippen LogP contribution in [-0.4, -0.2) is 67.4 Å². The minimum absolute atomic E-state index is 0.632. The van der Waals surface area contributed by atoms with E-state index < -0.39 is 95.3 Å². The maximum Gasteiger partial charge on any atom is 0.468 e. The number of halogens is 10. The molecule has 0 spiro atoms. The number of ether oxygens (including phenoxy) is 3. The van der Waals surface area contributed by atoms with Gasteiger partial charge in [0.2, 0.25) is 0 Å². The third-order valence-electron chi connectivity index (χ3n) is 3.95. The van der Waals surface area contributed by atoms with E-state index in [4.69, 9.17) is 4.55 Å². The first-order chi connectivity index (χ1) is 15.8. The van der Waals surface area contributed by atoms with Crippen LogP contribution in [0.15, 0.2) is 12.2 Å². The Labute approximate surface area is 197 Å². The van der Waals surface area contributed by atoms with E-state index in [0.29, 0.717) is 0 Å². The lowest BCUT2D eigenvalue weighted by molar-refractivity contribution is -0.355. The first kappa shape index (κ1) is 33.8. The highest BCUT2D eigenvalue weighted by atomic mass is 32.2. The molecule has 0 fully saturated rings. The second-order valence-corrected chi connectivity index (χ2v) is 8.94. The minimum atomic E-state index is -6.59. The lowest BCUT2D eigenvalue weighted by Crippen LogP contribution is -2.59. The summed E-state index contributed by atoms with van der Waals surface area (Å²) in [6, 6.07) is 0. The quantitative estimate of drug-likeness (QED) is 0.0860. The van der Waals surface area contributed by atoms with Gasteiger partial charge >= 0.3 is 51.4 Å². The molecule has 0 aromatic rings. The molecule has 0 aliphatic heterocycles. The zero-order chi connectivity index (χ0) is 29.0. The van der Waals surface area contributed by atoms with Crippen LogP contribution in [0.25, 0.3) is 0 Å². The minimum Gasteiger partial charge on any atom is -0.460 e. The fraction of sp³-hybridized carbons (Fsp3) is 0.765. The Kier molecular flexibility index (Phi) is 10.8. The molecule has 0 heterocycles. The lowest BCUT2D eigenvalue weighted by atomic mass is 10.1. The van der Waals surface area contributed by atoms with Crippen molar-refractivity contribution in [2.24, 2.45) is 5.92 Å². The molecule has 0 aromatic heterocycles. The molecule has 0 aromatic carbocycles. The van der Waals surface area contributed by atoms with E-state index in [2.05, 4.69) is 20.8 Å². The average Bonchev–Trinajstić information content (AvgIpc) is 2.67. The number of esters is 2. The van der Waals surface area contributed by atoms with E-state index in [0.717, 1.165) is 0 Å². The van der Waals surface area contributed by atoms with Crippen LogP contribution in [0.4, 0.5) is 43.9 Å². The number of alkyl halides is 10. The van der Waals surface area contributed by atoms with Gasteiger partial charge < -0.3 is 14.2 Å². The van der Waals surface area contributed by atoms with Gasteiger partial charge in [0.1, 0.15) is 5.57 Å². The van der Waals surface area contributed by atoms with E-state index in [1.807, 2.05) is 0 Å². The SMILES string of the molecule is C=C(C(=O)OC(OCCCCC(F)(F)C(F)(F)S(=O)(=O)O)(C(=O)OCC(C)C)C(F)(F)F)C(F)(F)F. The molecule has 19 heteroatoms. The first-order valence-corrected chi connectivity index (χ1v) is 10.9. The van der Waals surface area contributed by atoms with Crippen LogP contribution >= 0.6 is 0 Å². The maximum atomic E-state index is 13.7. The number of carbonyl (C=O) groups excluding carboxylic acids is 2. The molecule has 1 unspecified atom stereocenters. The molecule has 1 N–H and O–H groups in total. The normalized spacial score (nSPS) is 15.4. The monoisotopic (exact) mass is 574 g/mol.